The fraction of sp³-hybridized carbons (Fsp3) is 0.250. The molecule has 2 atom stereocenters. The molecule has 2 rings (SSSR count). The summed E-state index contributed by atoms with van der Waals surface area (Å²) >= 11 is 5.93. The van der Waals surface area contributed by atoms with E-state index < -0.39 is 0 Å². The second kappa shape index (κ2) is 6.89. The number of halogens is 2. The molecule has 0 spiro atoms. The van der Waals surface area contributed by atoms with Crippen LogP contribution in [0.4, 0.5) is 4.39 Å². The lowest BCUT2D eigenvalue weighted by molar-refractivity contribution is 0.171. The first-order valence-electron chi connectivity index (χ1n) is 6.65. The van der Waals surface area contributed by atoms with Crippen LogP contribution in [0, 0.1) is 12.7 Å². The van der Waals surface area contributed by atoms with Gasteiger partial charge in [-0.05, 0) is 49.2 Å². The molecule has 0 aliphatic carbocycles. The zero-order valence-corrected chi connectivity index (χ0v) is 12.7. The Morgan fingerprint density at radius 3 is 2.62 bits per heavy atom. The van der Waals surface area contributed by atoms with Crippen LogP contribution in [0.15, 0.2) is 42.5 Å². The lowest BCUT2D eigenvalue weighted by atomic mass is 10.0. The summed E-state index contributed by atoms with van der Waals surface area (Å²) in [4.78, 5) is 0. The Kier molecular flexibility index (Phi) is 5.17. The van der Waals surface area contributed by atoms with Crippen molar-refractivity contribution in [3.05, 3.63) is 64.4 Å². The molecule has 0 aliphatic heterocycles. The van der Waals surface area contributed by atoms with E-state index in [2.05, 4.69) is 5.43 Å². The molecule has 0 saturated carbocycles. The Morgan fingerprint density at radius 2 is 2.00 bits per heavy atom. The van der Waals surface area contributed by atoms with Gasteiger partial charge in [0.15, 0.2) is 0 Å². The third-order valence-corrected chi connectivity index (χ3v) is 3.56. The molecule has 112 valence electrons. The maximum Gasteiger partial charge on any atom is 0.126 e. The van der Waals surface area contributed by atoms with Crippen LogP contribution in [-0.2, 0) is 0 Å². The van der Waals surface area contributed by atoms with E-state index in [1.54, 1.807) is 31.2 Å². The molecule has 3 N–H and O–H groups in total. The standard InChI is InChI=1S/C16H18ClFN2O/c1-10-6-7-12(8-15(10)18)16(20-19)11(2)21-14-5-3-4-13(17)9-14/h3-9,11,16,20H,19H2,1-2H3. The molecule has 3 nitrogen and oxygen atoms in total. The quantitative estimate of drug-likeness (QED) is 0.653. The van der Waals surface area contributed by atoms with Crippen LogP contribution in [0.25, 0.3) is 0 Å². The van der Waals surface area contributed by atoms with Crippen molar-refractivity contribution < 1.29 is 9.13 Å². The Hall–Kier alpha value is -1.62. The molecule has 2 aromatic rings. The lowest BCUT2D eigenvalue weighted by Gasteiger charge is -2.25. The first-order valence-corrected chi connectivity index (χ1v) is 7.03. The highest BCUT2D eigenvalue weighted by Crippen LogP contribution is 2.24. The number of rotatable bonds is 5. The van der Waals surface area contributed by atoms with Crippen molar-refractivity contribution in [2.24, 2.45) is 5.84 Å². The molecule has 0 amide bonds. The van der Waals surface area contributed by atoms with Gasteiger partial charge in [-0.1, -0.05) is 29.8 Å². The van der Waals surface area contributed by atoms with Gasteiger partial charge in [0, 0.05) is 5.02 Å². The molecule has 0 radical (unpaired) electrons. The van der Waals surface area contributed by atoms with Gasteiger partial charge in [0.05, 0.1) is 6.04 Å². The first kappa shape index (κ1) is 15.8. The summed E-state index contributed by atoms with van der Waals surface area (Å²) in [6, 6.07) is 11.8. The van der Waals surface area contributed by atoms with Crippen LogP contribution >= 0.6 is 11.6 Å². The SMILES string of the molecule is Cc1ccc(C(NN)C(C)Oc2cccc(Cl)c2)cc1F. The van der Waals surface area contributed by atoms with Gasteiger partial charge in [0.25, 0.3) is 0 Å². The number of hydrazine groups is 1. The molecule has 0 aromatic heterocycles. The van der Waals surface area contributed by atoms with Crippen LogP contribution in [0.1, 0.15) is 24.1 Å². The van der Waals surface area contributed by atoms with Crippen LogP contribution in [-0.4, -0.2) is 6.10 Å². The Morgan fingerprint density at radius 1 is 1.24 bits per heavy atom. The van der Waals surface area contributed by atoms with Gasteiger partial charge in [-0.15, -0.1) is 0 Å². The zero-order chi connectivity index (χ0) is 15.4. The van der Waals surface area contributed by atoms with Crippen molar-refractivity contribution in [1.29, 1.82) is 0 Å². The van der Waals surface area contributed by atoms with Crippen molar-refractivity contribution in [2.45, 2.75) is 26.0 Å². The largest absolute Gasteiger partial charge is 0.489 e. The van der Waals surface area contributed by atoms with Crippen molar-refractivity contribution in [2.75, 3.05) is 0 Å². The summed E-state index contributed by atoms with van der Waals surface area (Å²) in [5.74, 6) is 5.98. The van der Waals surface area contributed by atoms with E-state index in [1.165, 1.54) is 6.07 Å². The molecule has 21 heavy (non-hydrogen) atoms. The highest BCUT2D eigenvalue weighted by Gasteiger charge is 2.20. The summed E-state index contributed by atoms with van der Waals surface area (Å²) in [5.41, 5.74) is 4.00. The highest BCUT2D eigenvalue weighted by atomic mass is 35.5. The van der Waals surface area contributed by atoms with E-state index in [0.717, 1.165) is 5.56 Å². The summed E-state index contributed by atoms with van der Waals surface area (Å²) in [6.45, 7) is 3.58. The molecule has 2 aromatic carbocycles. The van der Waals surface area contributed by atoms with Gasteiger partial charge in [-0.2, -0.15) is 0 Å². The molecule has 0 fully saturated rings. The van der Waals surface area contributed by atoms with Crippen molar-refractivity contribution in [1.82, 2.24) is 5.43 Å². The molecule has 0 heterocycles. The average Bonchev–Trinajstić information content (AvgIpc) is 2.43. The summed E-state index contributed by atoms with van der Waals surface area (Å²) in [5, 5.41) is 0.596. The molecule has 2 unspecified atom stereocenters. The van der Waals surface area contributed by atoms with Gasteiger partial charge in [-0.3, -0.25) is 5.84 Å². The second-order valence-electron chi connectivity index (χ2n) is 4.93. The monoisotopic (exact) mass is 308 g/mol. The molecular weight excluding hydrogens is 291 g/mol. The lowest BCUT2D eigenvalue weighted by Crippen LogP contribution is -2.38. The summed E-state index contributed by atoms with van der Waals surface area (Å²) < 4.78 is 19.5. The van der Waals surface area contributed by atoms with Gasteiger partial charge in [0.2, 0.25) is 0 Å². The van der Waals surface area contributed by atoms with E-state index in [0.29, 0.717) is 16.3 Å². The number of hydrogen-bond donors (Lipinski definition) is 2. The number of hydrogen-bond acceptors (Lipinski definition) is 3. The van der Waals surface area contributed by atoms with E-state index in [4.69, 9.17) is 22.2 Å². The van der Waals surface area contributed by atoms with Crippen molar-refractivity contribution >= 4 is 11.6 Å². The fourth-order valence-corrected chi connectivity index (χ4v) is 2.31. The summed E-state index contributed by atoms with van der Waals surface area (Å²) in [7, 11) is 0. The fourth-order valence-electron chi connectivity index (χ4n) is 2.13. The van der Waals surface area contributed by atoms with Crippen LogP contribution in [0.3, 0.4) is 0 Å². The predicted octanol–water partition coefficient (Wildman–Crippen LogP) is 3.76. The maximum absolute atomic E-state index is 13.7. The molecule has 5 heteroatoms. The number of ether oxygens (including phenoxy) is 1. The molecule has 0 saturated heterocycles. The van der Waals surface area contributed by atoms with E-state index >= 15 is 0 Å². The Bertz CT molecular complexity index is 621. The third kappa shape index (κ3) is 3.94. The normalized spacial score (nSPS) is 13.8. The van der Waals surface area contributed by atoms with Crippen molar-refractivity contribution in [3.8, 4) is 5.75 Å². The molecule has 0 aliphatic rings. The van der Waals surface area contributed by atoms with Crippen LogP contribution < -0.4 is 16.0 Å². The van der Waals surface area contributed by atoms with Crippen LogP contribution in [0.2, 0.25) is 5.02 Å². The maximum atomic E-state index is 13.7. The summed E-state index contributed by atoms with van der Waals surface area (Å²) in [6.07, 6.45) is -0.296. The van der Waals surface area contributed by atoms with Crippen molar-refractivity contribution in [3.63, 3.8) is 0 Å². The van der Waals surface area contributed by atoms with Gasteiger partial charge < -0.3 is 4.74 Å². The number of nitrogens with two attached hydrogens (primary N) is 1. The highest BCUT2D eigenvalue weighted by molar-refractivity contribution is 6.30. The minimum Gasteiger partial charge on any atom is -0.489 e. The van der Waals surface area contributed by atoms with E-state index in [1.807, 2.05) is 19.1 Å². The van der Waals surface area contributed by atoms with Gasteiger partial charge in [0.1, 0.15) is 17.7 Å². The first-order chi connectivity index (χ1) is 10.0. The third-order valence-electron chi connectivity index (χ3n) is 3.32. The minimum absolute atomic E-state index is 0.261. The predicted molar refractivity (Wildman–Crippen MR) is 82.7 cm³/mol. The number of nitrogens with one attached hydrogen (secondary N) is 1. The number of benzene rings is 2. The Labute approximate surface area is 128 Å². The molecule has 0 bridgehead atoms. The van der Waals surface area contributed by atoms with Gasteiger partial charge in [-0.25, -0.2) is 9.82 Å². The topological polar surface area (TPSA) is 47.3 Å². The number of aryl methyl sites for hydroxylation is 1. The minimum atomic E-state index is -0.334. The average molecular weight is 309 g/mol. The molecular formula is C16H18ClFN2O. The van der Waals surface area contributed by atoms with E-state index in [-0.39, 0.29) is 18.0 Å². The van der Waals surface area contributed by atoms with E-state index in [9.17, 15) is 4.39 Å². The van der Waals surface area contributed by atoms with Gasteiger partial charge >= 0.3 is 0 Å². The van der Waals surface area contributed by atoms with Crippen LogP contribution in [0.5, 0.6) is 5.75 Å². The Balaban J connectivity index is 2.18. The smallest absolute Gasteiger partial charge is 0.126 e. The zero-order valence-electron chi connectivity index (χ0n) is 11.9. The second-order valence-corrected chi connectivity index (χ2v) is 5.37.